The number of rotatable bonds is 3. The Bertz CT molecular complexity index is 276. The Morgan fingerprint density at radius 1 is 1.42 bits per heavy atom. The normalized spacial score (nSPS) is 9.83. The molecule has 0 aliphatic rings. The van der Waals surface area contributed by atoms with Gasteiger partial charge in [-0.05, 0) is 30.0 Å². The Morgan fingerprint density at radius 3 is 2.67 bits per heavy atom. The molecule has 0 radical (unpaired) electrons. The second kappa shape index (κ2) is 4.05. The SMILES string of the molecule is C=Cc1cnc(CC)cc1CC. The predicted molar refractivity (Wildman–Crippen MR) is 53.1 cm³/mol. The number of aromatic nitrogens is 1. The van der Waals surface area contributed by atoms with Crippen LogP contribution in [0.15, 0.2) is 18.8 Å². The van der Waals surface area contributed by atoms with E-state index in [-0.39, 0.29) is 0 Å². The molecule has 0 saturated carbocycles. The number of hydrogen-bond acceptors (Lipinski definition) is 1. The van der Waals surface area contributed by atoms with Crippen molar-refractivity contribution in [2.24, 2.45) is 0 Å². The van der Waals surface area contributed by atoms with Crippen LogP contribution in [-0.4, -0.2) is 4.98 Å². The maximum absolute atomic E-state index is 4.31. The highest BCUT2D eigenvalue weighted by atomic mass is 14.7. The van der Waals surface area contributed by atoms with Crippen LogP contribution >= 0.6 is 0 Å². The molecule has 1 rings (SSSR count). The molecule has 12 heavy (non-hydrogen) atoms. The van der Waals surface area contributed by atoms with E-state index in [0.717, 1.165) is 24.1 Å². The van der Waals surface area contributed by atoms with Gasteiger partial charge in [0.05, 0.1) is 0 Å². The third kappa shape index (κ3) is 1.73. The van der Waals surface area contributed by atoms with Crippen molar-refractivity contribution in [3.63, 3.8) is 0 Å². The summed E-state index contributed by atoms with van der Waals surface area (Å²) in [6.07, 6.45) is 5.83. The summed E-state index contributed by atoms with van der Waals surface area (Å²) in [4.78, 5) is 4.31. The highest BCUT2D eigenvalue weighted by Gasteiger charge is 1.98. The van der Waals surface area contributed by atoms with Gasteiger partial charge in [0, 0.05) is 11.9 Å². The number of aryl methyl sites for hydroxylation is 2. The second-order valence-corrected chi connectivity index (χ2v) is 2.79. The maximum atomic E-state index is 4.31. The van der Waals surface area contributed by atoms with Crippen LogP contribution < -0.4 is 0 Å². The molecular weight excluding hydrogens is 146 g/mol. The van der Waals surface area contributed by atoms with Crippen LogP contribution in [0.1, 0.15) is 30.7 Å². The van der Waals surface area contributed by atoms with Gasteiger partial charge in [-0.3, -0.25) is 4.98 Å². The topological polar surface area (TPSA) is 12.9 Å². The van der Waals surface area contributed by atoms with Gasteiger partial charge in [-0.1, -0.05) is 26.5 Å². The molecule has 1 heteroatoms. The fraction of sp³-hybridized carbons (Fsp3) is 0.364. The van der Waals surface area contributed by atoms with Crippen molar-refractivity contribution in [3.05, 3.63) is 35.7 Å². The lowest BCUT2D eigenvalue weighted by atomic mass is 10.1. The first-order valence-corrected chi connectivity index (χ1v) is 4.42. The first-order chi connectivity index (χ1) is 5.81. The lowest BCUT2D eigenvalue weighted by molar-refractivity contribution is 1.00. The van der Waals surface area contributed by atoms with E-state index in [2.05, 4.69) is 31.5 Å². The van der Waals surface area contributed by atoms with E-state index in [4.69, 9.17) is 0 Å². The molecule has 0 fully saturated rings. The van der Waals surface area contributed by atoms with Gasteiger partial charge in [0.15, 0.2) is 0 Å². The maximum Gasteiger partial charge on any atom is 0.0404 e. The van der Waals surface area contributed by atoms with E-state index in [1.807, 2.05) is 12.3 Å². The van der Waals surface area contributed by atoms with Gasteiger partial charge >= 0.3 is 0 Å². The van der Waals surface area contributed by atoms with E-state index >= 15 is 0 Å². The van der Waals surface area contributed by atoms with Crippen LogP contribution in [0.4, 0.5) is 0 Å². The minimum atomic E-state index is 1.00. The molecule has 64 valence electrons. The number of nitrogens with zero attached hydrogens (tertiary/aromatic N) is 1. The zero-order valence-corrected chi connectivity index (χ0v) is 7.80. The summed E-state index contributed by atoms with van der Waals surface area (Å²) in [6, 6.07) is 2.16. The molecule has 1 heterocycles. The minimum absolute atomic E-state index is 1.00. The molecule has 0 aliphatic carbocycles. The zero-order valence-electron chi connectivity index (χ0n) is 7.80. The van der Waals surface area contributed by atoms with Crippen LogP contribution in [0, 0.1) is 0 Å². The summed E-state index contributed by atoms with van der Waals surface area (Å²) in [6.45, 7) is 8.03. The van der Waals surface area contributed by atoms with Crippen molar-refractivity contribution in [2.45, 2.75) is 26.7 Å². The molecule has 1 aromatic rings. The molecule has 0 N–H and O–H groups in total. The van der Waals surface area contributed by atoms with Gasteiger partial charge < -0.3 is 0 Å². The fourth-order valence-electron chi connectivity index (χ4n) is 1.24. The van der Waals surface area contributed by atoms with Gasteiger partial charge in [-0.15, -0.1) is 0 Å². The molecule has 0 spiro atoms. The number of hydrogen-bond donors (Lipinski definition) is 0. The Morgan fingerprint density at radius 2 is 2.17 bits per heavy atom. The fourth-order valence-corrected chi connectivity index (χ4v) is 1.24. The standard InChI is InChI=1S/C11H15N/c1-4-9-7-11(6-3)12-8-10(9)5-2/h5,7-8H,2,4,6H2,1,3H3. The average molecular weight is 161 g/mol. The molecule has 0 atom stereocenters. The van der Waals surface area contributed by atoms with E-state index in [0.29, 0.717) is 0 Å². The first-order valence-electron chi connectivity index (χ1n) is 4.42. The van der Waals surface area contributed by atoms with Crippen molar-refractivity contribution in [3.8, 4) is 0 Å². The van der Waals surface area contributed by atoms with Crippen LogP contribution in [0.5, 0.6) is 0 Å². The molecule has 0 saturated heterocycles. The average Bonchev–Trinajstić information content (AvgIpc) is 2.16. The summed E-state index contributed by atoms with van der Waals surface area (Å²) in [7, 11) is 0. The largest absolute Gasteiger partial charge is 0.261 e. The molecule has 0 aliphatic heterocycles. The van der Waals surface area contributed by atoms with Crippen molar-refractivity contribution in [2.75, 3.05) is 0 Å². The molecule has 0 bridgehead atoms. The van der Waals surface area contributed by atoms with Crippen molar-refractivity contribution >= 4 is 6.08 Å². The van der Waals surface area contributed by atoms with Gasteiger partial charge in [-0.25, -0.2) is 0 Å². The summed E-state index contributed by atoms with van der Waals surface area (Å²) in [5, 5.41) is 0. The molecular formula is C11H15N. The summed E-state index contributed by atoms with van der Waals surface area (Å²) < 4.78 is 0. The highest BCUT2D eigenvalue weighted by Crippen LogP contribution is 2.11. The van der Waals surface area contributed by atoms with Crippen LogP contribution in [-0.2, 0) is 12.8 Å². The summed E-state index contributed by atoms with van der Waals surface area (Å²) in [5.41, 5.74) is 3.67. The Balaban J connectivity index is 3.10. The first kappa shape index (κ1) is 8.98. The monoisotopic (exact) mass is 161 g/mol. The van der Waals surface area contributed by atoms with Crippen molar-refractivity contribution < 1.29 is 0 Å². The quantitative estimate of drug-likeness (QED) is 0.664. The third-order valence-electron chi connectivity index (χ3n) is 2.04. The van der Waals surface area contributed by atoms with Crippen LogP contribution in [0.3, 0.4) is 0 Å². The molecule has 1 aromatic heterocycles. The molecule has 0 unspecified atom stereocenters. The van der Waals surface area contributed by atoms with Crippen molar-refractivity contribution in [1.82, 2.24) is 4.98 Å². The van der Waals surface area contributed by atoms with E-state index in [9.17, 15) is 0 Å². The lowest BCUT2D eigenvalue weighted by Crippen LogP contribution is -1.93. The Hall–Kier alpha value is -1.11. The Kier molecular flexibility index (Phi) is 3.03. The smallest absolute Gasteiger partial charge is 0.0404 e. The molecule has 0 aromatic carbocycles. The van der Waals surface area contributed by atoms with Crippen molar-refractivity contribution in [1.29, 1.82) is 0 Å². The van der Waals surface area contributed by atoms with Gasteiger partial charge in [0.2, 0.25) is 0 Å². The Labute approximate surface area is 74.2 Å². The molecule has 1 nitrogen and oxygen atoms in total. The summed E-state index contributed by atoms with van der Waals surface area (Å²) >= 11 is 0. The van der Waals surface area contributed by atoms with E-state index in [1.54, 1.807) is 0 Å². The predicted octanol–water partition coefficient (Wildman–Crippen LogP) is 2.85. The highest BCUT2D eigenvalue weighted by molar-refractivity contribution is 5.50. The van der Waals surface area contributed by atoms with Crippen LogP contribution in [0.25, 0.3) is 6.08 Å². The van der Waals surface area contributed by atoms with E-state index in [1.165, 1.54) is 5.56 Å². The van der Waals surface area contributed by atoms with Gasteiger partial charge in [0.25, 0.3) is 0 Å². The summed E-state index contributed by atoms with van der Waals surface area (Å²) in [5.74, 6) is 0. The molecule has 0 amide bonds. The van der Waals surface area contributed by atoms with Gasteiger partial charge in [-0.2, -0.15) is 0 Å². The van der Waals surface area contributed by atoms with Crippen LogP contribution in [0.2, 0.25) is 0 Å². The van der Waals surface area contributed by atoms with E-state index < -0.39 is 0 Å². The number of pyridine rings is 1. The third-order valence-corrected chi connectivity index (χ3v) is 2.04. The second-order valence-electron chi connectivity index (χ2n) is 2.79. The minimum Gasteiger partial charge on any atom is -0.261 e. The van der Waals surface area contributed by atoms with Gasteiger partial charge in [0.1, 0.15) is 0 Å². The zero-order chi connectivity index (χ0) is 8.97. The lowest BCUT2D eigenvalue weighted by Gasteiger charge is -2.04.